The maximum absolute atomic E-state index is 12.2. The fourth-order valence-corrected chi connectivity index (χ4v) is 2.11. The second-order valence-corrected chi connectivity index (χ2v) is 4.76. The van der Waals surface area contributed by atoms with Crippen LogP contribution in [0.15, 0.2) is 23.9 Å². The predicted molar refractivity (Wildman–Crippen MR) is 82.6 cm³/mol. The molecule has 0 aromatic heterocycles. The van der Waals surface area contributed by atoms with Crippen LogP contribution < -0.4 is 0 Å². The smallest absolute Gasteiger partial charge is 0.354 e. The van der Waals surface area contributed by atoms with Gasteiger partial charge in [-0.25, -0.2) is 9.59 Å². The third-order valence-corrected chi connectivity index (χ3v) is 3.15. The zero-order valence-corrected chi connectivity index (χ0v) is 13.8. The lowest BCUT2D eigenvalue weighted by Crippen LogP contribution is -2.34. The number of carbonyl (C=O) groups excluding carboxylic acids is 2. The lowest BCUT2D eigenvalue weighted by Gasteiger charge is -2.28. The Morgan fingerprint density at radius 3 is 1.90 bits per heavy atom. The van der Waals surface area contributed by atoms with Crippen LogP contribution in [0.2, 0.25) is 0 Å². The number of carbonyl (C=O) groups is 2. The first-order valence-corrected chi connectivity index (χ1v) is 7.26. The van der Waals surface area contributed by atoms with E-state index in [1.54, 1.807) is 13.0 Å². The Bertz CT molecular complexity index is 395. The molecule has 0 spiro atoms. The third-order valence-electron chi connectivity index (χ3n) is 3.15. The monoisotopic (exact) mass is 297 g/mol. The molecule has 120 valence electrons. The maximum Gasteiger partial charge on any atom is 0.354 e. The van der Waals surface area contributed by atoms with Crippen LogP contribution in [0.25, 0.3) is 0 Å². The number of nitrogens with zero attached hydrogens (tertiary/aromatic N) is 1. The first kappa shape index (κ1) is 19.2. The van der Waals surface area contributed by atoms with Crippen LogP contribution in [0.5, 0.6) is 0 Å². The highest BCUT2D eigenvalue weighted by Crippen LogP contribution is 2.23. The number of ether oxygens (including phenoxy) is 2. The van der Waals surface area contributed by atoms with Gasteiger partial charge < -0.3 is 14.4 Å². The van der Waals surface area contributed by atoms with Gasteiger partial charge in [-0.05, 0) is 12.8 Å². The summed E-state index contributed by atoms with van der Waals surface area (Å²) in [5.41, 5.74) is 0.571. The summed E-state index contributed by atoms with van der Waals surface area (Å²) in [5, 5.41) is 0. The van der Waals surface area contributed by atoms with E-state index in [1.807, 2.05) is 18.7 Å². The van der Waals surface area contributed by atoms with E-state index in [4.69, 9.17) is 9.47 Å². The molecule has 0 heterocycles. The van der Waals surface area contributed by atoms with Crippen molar-refractivity contribution in [1.29, 1.82) is 0 Å². The first-order chi connectivity index (χ1) is 9.98. The van der Waals surface area contributed by atoms with Crippen LogP contribution in [0, 0.1) is 5.92 Å². The van der Waals surface area contributed by atoms with Crippen LogP contribution >= 0.6 is 0 Å². The summed E-state index contributed by atoms with van der Waals surface area (Å²) in [6.45, 7) is 10.9. The first-order valence-electron chi connectivity index (χ1n) is 7.26. The zero-order chi connectivity index (χ0) is 16.4. The van der Waals surface area contributed by atoms with Gasteiger partial charge in [-0.2, -0.15) is 0 Å². The SMILES string of the molecule is C=CC(C)/C(C(=O)OC)=C(/C(=O)OC)N(CCC)CCC. The quantitative estimate of drug-likeness (QED) is 0.372. The Kier molecular flexibility index (Phi) is 9.17. The normalized spacial score (nSPS) is 13.0. The Hall–Kier alpha value is -1.78. The highest BCUT2D eigenvalue weighted by atomic mass is 16.5. The Balaban J connectivity index is 6.08. The van der Waals surface area contributed by atoms with Crippen molar-refractivity contribution in [3.8, 4) is 0 Å². The molecule has 1 atom stereocenters. The summed E-state index contributed by atoms with van der Waals surface area (Å²) < 4.78 is 9.71. The maximum atomic E-state index is 12.2. The van der Waals surface area contributed by atoms with E-state index in [1.165, 1.54) is 14.2 Å². The van der Waals surface area contributed by atoms with Crippen molar-refractivity contribution in [2.45, 2.75) is 33.6 Å². The summed E-state index contributed by atoms with van der Waals surface area (Å²) in [7, 11) is 2.61. The molecule has 0 saturated carbocycles. The lowest BCUT2D eigenvalue weighted by atomic mass is 9.98. The molecule has 0 amide bonds. The van der Waals surface area contributed by atoms with Crippen LogP contribution in [-0.4, -0.2) is 44.1 Å². The van der Waals surface area contributed by atoms with E-state index < -0.39 is 11.9 Å². The van der Waals surface area contributed by atoms with Crippen molar-refractivity contribution in [3.63, 3.8) is 0 Å². The Morgan fingerprint density at radius 1 is 1.10 bits per heavy atom. The van der Waals surface area contributed by atoms with Crippen molar-refractivity contribution < 1.29 is 19.1 Å². The standard InChI is InChI=1S/C16H27NO4/c1-7-10-17(11-8-2)14(16(19)21-6)13(12(4)9-3)15(18)20-5/h9,12H,3,7-8,10-11H2,1-2,4-6H3/b14-13+. The molecule has 0 saturated heterocycles. The van der Waals surface area contributed by atoms with Gasteiger partial charge in [0.15, 0.2) is 0 Å². The highest BCUT2D eigenvalue weighted by molar-refractivity contribution is 6.00. The van der Waals surface area contributed by atoms with Gasteiger partial charge in [0.05, 0.1) is 19.8 Å². The second-order valence-electron chi connectivity index (χ2n) is 4.76. The molecule has 0 fully saturated rings. The van der Waals surface area contributed by atoms with Gasteiger partial charge in [-0.15, -0.1) is 6.58 Å². The van der Waals surface area contributed by atoms with Gasteiger partial charge in [-0.1, -0.05) is 26.8 Å². The lowest BCUT2D eigenvalue weighted by molar-refractivity contribution is -0.141. The van der Waals surface area contributed by atoms with E-state index in [9.17, 15) is 9.59 Å². The molecule has 0 aliphatic carbocycles. The van der Waals surface area contributed by atoms with Gasteiger partial charge >= 0.3 is 11.9 Å². The molecule has 0 bridgehead atoms. The predicted octanol–water partition coefficient (Wildman–Crippen LogP) is 2.53. The molecule has 5 nitrogen and oxygen atoms in total. The van der Waals surface area contributed by atoms with Gasteiger partial charge in [0.25, 0.3) is 0 Å². The fourth-order valence-electron chi connectivity index (χ4n) is 2.11. The van der Waals surface area contributed by atoms with E-state index in [2.05, 4.69) is 6.58 Å². The molecule has 0 aliphatic rings. The number of rotatable bonds is 9. The average molecular weight is 297 g/mol. The summed E-state index contributed by atoms with van der Waals surface area (Å²) in [5.74, 6) is -1.35. The topological polar surface area (TPSA) is 55.8 Å². The molecule has 1 unspecified atom stereocenters. The molecule has 0 rings (SSSR count). The molecule has 5 heteroatoms. The van der Waals surface area contributed by atoms with Crippen molar-refractivity contribution >= 4 is 11.9 Å². The van der Waals surface area contributed by atoms with E-state index in [0.717, 1.165) is 12.8 Å². The van der Waals surface area contributed by atoms with E-state index in [-0.39, 0.29) is 11.6 Å². The third kappa shape index (κ3) is 5.25. The number of methoxy groups -OCH3 is 2. The van der Waals surface area contributed by atoms with Gasteiger partial charge in [0.2, 0.25) is 0 Å². The summed E-state index contributed by atoms with van der Waals surface area (Å²) in [6.07, 6.45) is 3.33. The number of hydrogen-bond acceptors (Lipinski definition) is 5. The van der Waals surface area contributed by atoms with Crippen LogP contribution in [0.3, 0.4) is 0 Å². The molecule has 21 heavy (non-hydrogen) atoms. The summed E-state index contributed by atoms with van der Waals surface area (Å²) in [4.78, 5) is 26.2. The van der Waals surface area contributed by atoms with E-state index >= 15 is 0 Å². The number of esters is 2. The molecule has 0 aromatic carbocycles. The zero-order valence-electron chi connectivity index (χ0n) is 13.8. The highest BCUT2D eigenvalue weighted by Gasteiger charge is 2.29. The summed E-state index contributed by atoms with van der Waals surface area (Å²) >= 11 is 0. The molecule has 0 N–H and O–H groups in total. The van der Waals surface area contributed by atoms with Crippen molar-refractivity contribution in [2.24, 2.45) is 5.92 Å². The molecule has 0 radical (unpaired) electrons. The van der Waals surface area contributed by atoms with Crippen LogP contribution in [-0.2, 0) is 19.1 Å². The van der Waals surface area contributed by atoms with E-state index in [0.29, 0.717) is 18.7 Å². The van der Waals surface area contributed by atoms with Crippen LogP contribution in [0.1, 0.15) is 33.6 Å². The van der Waals surface area contributed by atoms with Crippen LogP contribution in [0.4, 0.5) is 0 Å². The molecular weight excluding hydrogens is 270 g/mol. The minimum absolute atomic E-state index is 0.278. The average Bonchev–Trinajstić information content (AvgIpc) is 2.50. The van der Waals surface area contributed by atoms with Crippen molar-refractivity contribution in [3.05, 3.63) is 23.9 Å². The van der Waals surface area contributed by atoms with Gasteiger partial charge in [0.1, 0.15) is 5.70 Å². The largest absolute Gasteiger partial charge is 0.466 e. The Morgan fingerprint density at radius 2 is 1.57 bits per heavy atom. The Labute approximate surface area is 127 Å². The van der Waals surface area contributed by atoms with Crippen molar-refractivity contribution in [1.82, 2.24) is 4.90 Å². The van der Waals surface area contributed by atoms with Gasteiger partial charge in [-0.3, -0.25) is 0 Å². The fraction of sp³-hybridized carbons (Fsp3) is 0.625. The minimum Gasteiger partial charge on any atom is -0.466 e. The van der Waals surface area contributed by atoms with Gasteiger partial charge in [0, 0.05) is 19.0 Å². The molecule has 0 aliphatic heterocycles. The minimum atomic E-state index is -0.528. The van der Waals surface area contributed by atoms with Crippen molar-refractivity contribution in [2.75, 3.05) is 27.3 Å². The second kappa shape index (κ2) is 10.0. The molecular formula is C16H27NO4. The summed E-state index contributed by atoms with van der Waals surface area (Å²) in [6, 6.07) is 0. The number of hydrogen-bond donors (Lipinski definition) is 0. The number of allylic oxidation sites excluding steroid dienone is 1. The molecule has 0 aromatic rings.